The molecule has 0 spiro atoms. The van der Waals surface area contributed by atoms with Crippen molar-refractivity contribution in [3.05, 3.63) is 59.7 Å². The molecule has 9 heteroatoms. The first kappa shape index (κ1) is 22.2. The largest absolute Gasteiger partial charge is 0.484 e. The highest BCUT2D eigenvalue weighted by molar-refractivity contribution is 5.94. The third-order valence-corrected chi connectivity index (χ3v) is 5.00. The summed E-state index contributed by atoms with van der Waals surface area (Å²) < 4.78 is 43.5. The van der Waals surface area contributed by atoms with Crippen LogP contribution < -0.4 is 15.4 Å². The van der Waals surface area contributed by atoms with Gasteiger partial charge in [0, 0.05) is 29.6 Å². The van der Waals surface area contributed by atoms with Crippen LogP contribution in [0, 0.1) is 16.7 Å². The number of hydrogen-bond donors (Lipinski definition) is 2. The lowest BCUT2D eigenvalue weighted by atomic mass is 10.0. The summed E-state index contributed by atoms with van der Waals surface area (Å²) in [6.45, 7) is 0.0474. The molecule has 1 aliphatic rings. The Morgan fingerprint density at radius 1 is 1.13 bits per heavy atom. The minimum absolute atomic E-state index is 0.0141. The first-order valence-corrected chi connectivity index (χ1v) is 9.56. The highest BCUT2D eigenvalue weighted by atomic mass is 19.4. The molecule has 2 aromatic rings. The van der Waals surface area contributed by atoms with Crippen LogP contribution in [-0.2, 0) is 11.0 Å². The number of anilines is 1. The summed E-state index contributed by atoms with van der Waals surface area (Å²) in [4.78, 5) is 24.2. The lowest BCUT2D eigenvalue weighted by Crippen LogP contribution is -2.30. The van der Waals surface area contributed by atoms with E-state index in [0.717, 1.165) is 25.0 Å². The number of carbonyl (C=O) groups is 2. The standard InChI is InChI=1S/C22H20F3N3O3/c23-22(24,25)16-2-1-3-17(12-16)28-19(29)13-31-18-6-4-15(5-7-18)20(30)27-14-21(8-9-21)10-11-26/h1-7,12H,8-10,13-14H2,(H,27,30)(H,28,29). The zero-order valence-electron chi connectivity index (χ0n) is 16.5. The smallest absolute Gasteiger partial charge is 0.416 e. The van der Waals surface area contributed by atoms with Crippen molar-refractivity contribution in [2.75, 3.05) is 18.5 Å². The highest BCUT2D eigenvalue weighted by Gasteiger charge is 2.42. The second kappa shape index (κ2) is 9.08. The molecule has 0 bridgehead atoms. The number of carbonyl (C=O) groups excluding carboxylic acids is 2. The van der Waals surface area contributed by atoms with Crippen LogP contribution in [0.15, 0.2) is 48.5 Å². The first-order valence-electron chi connectivity index (χ1n) is 9.56. The van der Waals surface area contributed by atoms with E-state index in [1.807, 2.05) is 0 Å². The van der Waals surface area contributed by atoms with Gasteiger partial charge in [-0.1, -0.05) is 6.07 Å². The van der Waals surface area contributed by atoms with Crippen LogP contribution in [0.25, 0.3) is 0 Å². The summed E-state index contributed by atoms with van der Waals surface area (Å²) >= 11 is 0. The molecule has 1 saturated carbocycles. The quantitative estimate of drug-likeness (QED) is 0.657. The average molecular weight is 431 g/mol. The Hall–Kier alpha value is -3.54. The lowest BCUT2D eigenvalue weighted by molar-refractivity contribution is -0.137. The molecule has 0 aliphatic heterocycles. The van der Waals surface area contributed by atoms with E-state index in [4.69, 9.17) is 10.00 Å². The topological polar surface area (TPSA) is 91.2 Å². The van der Waals surface area contributed by atoms with Crippen molar-refractivity contribution in [1.82, 2.24) is 5.32 Å². The Morgan fingerprint density at radius 3 is 2.45 bits per heavy atom. The summed E-state index contributed by atoms with van der Waals surface area (Å²) in [6.07, 6.45) is -2.23. The predicted molar refractivity (Wildman–Crippen MR) is 106 cm³/mol. The van der Waals surface area contributed by atoms with Gasteiger partial charge in [-0.15, -0.1) is 0 Å². The van der Waals surface area contributed by atoms with Gasteiger partial charge in [0.05, 0.1) is 11.6 Å². The predicted octanol–water partition coefficient (Wildman–Crippen LogP) is 4.15. The second-order valence-electron chi connectivity index (χ2n) is 7.46. The van der Waals surface area contributed by atoms with Crippen molar-refractivity contribution in [2.24, 2.45) is 5.41 Å². The van der Waals surface area contributed by atoms with Gasteiger partial charge in [-0.2, -0.15) is 18.4 Å². The minimum atomic E-state index is -4.50. The maximum absolute atomic E-state index is 12.7. The van der Waals surface area contributed by atoms with E-state index in [1.54, 1.807) is 12.1 Å². The number of rotatable bonds is 8. The third kappa shape index (κ3) is 6.22. The Morgan fingerprint density at radius 2 is 1.84 bits per heavy atom. The number of alkyl halides is 3. The molecule has 1 fully saturated rings. The van der Waals surface area contributed by atoms with Crippen LogP contribution in [0.4, 0.5) is 18.9 Å². The van der Waals surface area contributed by atoms with Crippen molar-refractivity contribution in [3.63, 3.8) is 0 Å². The van der Waals surface area contributed by atoms with Crippen molar-refractivity contribution < 1.29 is 27.5 Å². The molecule has 3 rings (SSSR count). The summed E-state index contributed by atoms with van der Waals surface area (Å²) in [5.41, 5.74) is -0.533. The van der Waals surface area contributed by atoms with E-state index >= 15 is 0 Å². The molecule has 2 aromatic carbocycles. The molecule has 31 heavy (non-hydrogen) atoms. The second-order valence-corrected chi connectivity index (χ2v) is 7.46. The Balaban J connectivity index is 1.47. The van der Waals surface area contributed by atoms with Gasteiger partial charge in [-0.25, -0.2) is 0 Å². The van der Waals surface area contributed by atoms with Crippen molar-refractivity contribution >= 4 is 17.5 Å². The Bertz CT molecular complexity index is 994. The molecule has 0 radical (unpaired) electrons. The maximum atomic E-state index is 12.7. The molecule has 162 valence electrons. The number of benzene rings is 2. The molecule has 2 amide bonds. The van der Waals surface area contributed by atoms with Gasteiger partial charge in [-0.3, -0.25) is 9.59 Å². The van der Waals surface area contributed by atoms with Gasteiger partial charge >= 0.3 is 6.18 Å². The molecule has 0 aromatic heterocycles. The zero-order chi connectivity index (χ0) is 22.5. The SMILES string of the molecule is N#CCC1(CNC(=O)c2ccc(OCC(=O)Nc3cccc(C(F)(F)F)c3)cc2)CC1. The van der Waals surface area contributed by atoms with E-state index in [2.05, 4.69) is 16.7 Å². The van der Waals surface area contributed by atoms with Crippen molar-refractivity contribution in [2.45, 2.75) is 25.4 Å². The Kier molecular flexibility index (Phi) is 6.49. The number of ether oxygens (including phenoxy) is 1. The lowest BCUT2D eigenvalue weighted by Gasteiger charge is -2.13. The number of amides is 2. The zero-order valence-corrected chi connectivity index (χ0v) is 16.5. The summed E-state index contributed by atoms with van der Waals surface area (Å²) in [6, 6.07) is 12.6. The number of hydrogen-bond acceptors (Lipinski definition) is 4. The fourth-order valence-corrected chi connectivity index (χ4v) is 2.95. The number of nitrogens with one attached hydrogen (secondary N) is 2. The molecule has 6 nitrogen and oxygen atoms in total. The van der Waals surface area contributed by atoms with Crippen LogP contribution in [0.3, 0.4) is 0 Å². The van der Waals surface area contributed by atoms with Gasteiger partial charge in [0.25, 0.3) is 11.8 Å². The molecule has 0 atom stereocenters. The van der Waals surface area contributed by atoms with Gasteiger partial charge in [0.2, 0.25) is 0 Å². The van der Waals surface area contributed by atoms with Gasteiger partial charge in [0.1, 0.15) is 5.75 Å². The molecule has 0 unspecified atom stereocenters. The summed E-state index contributed by atoms with van der Waals surface area (Å²) in [7, 11) is 0. The van der Waals surface area contributed by atoms with E-state index in [0.29, 0.717) is 24.3 Å². The number of halogens is 3. The van der Waals surface area contributed by atoms with Gasteiger partial charge < -0.3 is 15.4 Å². The molecule has 0 saturated heterocycles. The normalized spacial score (nSPS) is 14.3. The van der Waals surface area contributed by atoms with Crippen LogP contribution in [0.1, 0.15) is 35.2 Å². The maximum Gasteiger partial charge on any atom is 0.416 e. The van der Waals surface area contributed by atoms with Crippen molar-refractivity contribution in [1.29, 1.82) is 5.26 Å². The third-order valence-electron chi connectivity index (χ3n) is 5.00. The van der Waals surface area contributed by atoms with Crippen LogP contribution in [0.5, 0.6) is 5.75 Å². The molecular weight excluding hydrogens is 411 g/mol. The first-order chi connectivity index (χ1) is 14.7. The van der Waals surface area contributed by atoms with Crippen LogP contribution >= 0.6 is 0 Å². The molecule has 1 aliphatic carbocycles. The van der Waals surface area contributed by atoms with Crippen LogP contribution in [-0.4, -0.2) is 25.0 Å². The minimum Gasteiger partial charge on any atom is -0.484 e. The van der Waals surface area contributed by atoms with E-state index in [-0.39, 0.29) is 17.0 Å². The molecule has 0 heterocycles. The van der Waals surface area contributed by atoms with Gasteiger partial charge in [-0.05, 0) is 55.3 Å². The fraction of sp³-hybridized carbons (Fsp3) is 0.318. The van der Waals surface area contributed by atoms with Gasteiger partial charge in [0.15, 0.2) is 6.61 Å². The summed E-state index contributed by atoms with van der Waals surface area (Å²) in [5, 5.41) is 14.0. The fourth-order valence-electron chi connectivity index (χ4n) is 2.95. The summed E-state index contributed by atoms with van der Waals surface area (Å²) in [5.74, 6) is -0.551. The Labute approximate surface area is 177 Å². The van der Waals surface area contributed by atoms with E-state index < -0.39 is 24.3 Å². The van der Waals surface area contributed by atoms with E-state index in [1.165, 1.54) is 24.3 Å². The average Bonchev–Trinajstić information content (AvgIpc) is 3.50. The highest BCUT2D eigenvalue weighted by Crippen LogP contribution is 2.47. The van der Waals surface area contributed by atoms with Crippen molar-refractivity contribution in [3.8, 4) is 11.8 Å². The molecular formula is C22H20F3N3O3. The number of nitrogens with zero attached hydrogens (tertiary/aromatic N) is 1. The van der Waals surface area contributed by atoms with E-state index in [9.17, 15) is 22.8 Å². The molecule has 2 N–H and O–H groups in total. The number of nitriles is 1. The monoisotopic (exact) mass is 431 g/mol. The van der Waals surface area contributed by atoms with Crippen LogP contribution in [0.2, 0.25) is 0 Å².